The molecule has 4 heteroatoms. The van der Waals surface area contributed by atoms with Crippen LogP contribution in [0, 0.1) is 5.92 Å². The van der Waals surface area contributed by atoms with Gasteiger partial charge < -0.3 is 10.1 Å². The number of hydrogen-bond acceptors (Lipinski definition) is 3. The van der Waals surface area contributed by atoms with E-state index in [4.69, 9.17) is 4.74 Å². The smallest absolute Gasteiger partial charge is 0.251 e. The first-order chi connectivity index (χ1) is 12.6. The highest BCUT2D eigenvalue weighted by atomic mass is 16.5. The molecule has 1 aliphatic rings. The Bertz CT molecular complexity index is 698. The van der Waals surface area contributed by atoms with E-state index < -0.39 is 0 Å². The molecule has 0 aliphatic carbocycles. The molecule has 2 aromatic rings. The second-order valence-corrected chi connectivity index (χ2v) is 7.30. The first kappa shape index (κ1) is 18.6. The van der Waals surface area contributed by atoms with Crippen molar-refractivity contribution in [2.45, 2.75) is 20.0 Å². The van der Waals surface area contributed by atoms with Crippen molar-refractivity contribution in [1.29, 1.82) is 0 Å². The quantitative estimate of drug-likeness (QED) is 0.866. The number of morpholine rings is 1. The van der Waals surface area contributed by atoms with Gasteiger partial charge in [-0.1, -0.05) is 56.3 Å². The Balaban J connectivity index is 1.52. The molecule has 3 rings (SSSR count). The Morgan fingerprint density at radius 1 is 1.12 bits per heavy atom. The summed E-state index contributed by atoms with van der Waals surface area (Å²) in [7, 11) is 0. The molecule has 1 aliphatic heterocycles. The van der Waals surface area contributed by atoms with E-state index in [-0.39, 0.29) is 12.0 Å². The van der Waals surface area contributed by atoms with Crippen molar-refractivity contribution < 1.29 is 9.53 Å². The molecule has 138 valence electrons. The number of nitrogens with zero attached hydrogens (tertiary/aromatic N) is 1. The fourth-order valence-corrected chi connectivity index (χ4v) is 3.34. The van der Waals surface area contributed by atoms with Gasteiger partial charge in [0.15, 0.2) is 0 Å². The van der Waals surface area contributed by atoms with E-state index in [2.05, 4.69) is 36.2 Å². The molecule has 2 aromatic carbocycles. The van der Waals surface area contributed by atoms with Crippen LogP contribution in [0.2, 0.25) is 0 Å². The first-order valence-electron chi connectivity index (χ1n) is 9.39. The molecule has 0 spiro atoms. The molecule has 0 unspecified atom stereocenters. The van der Waals surface area contributed by atoms with Crippen molar-refractivity contribution >= 4 is 5.91 Å². The normalized spacial score (nSPS) is 18.0. The maximum absolute atomic E-state index is 12.4. The number of carbonyl (C=O) groups excluding carboxylic acids is 1. The number of ether oxygens (including phenoxy) is 1. The third kappa shape index (κ3) is 5.16. The molecular weight excluding hydrogens is 324 g/mol. The van der Waals surface area contributed by atoms with E-state index in [0.717, 1.165) is 37.4 Å². The van der Waals surface area contributed by atoms with Gasteiger partial charge in [-0.05, 0) is 29.2 Å². The predicted molar refractivity (Wildman–Crippen MR) is 105 cm³/mol. The van der Waals surface area contributed by atoms with Crippen LogP contribution in [0.25, 0.3) is 11.1 Å². The highest BCUT2D eigenvalue weighted by molar-refractivity contribution is 5.94. The van der Waals surface area contributed by atoms with Gasteiger partial charge >= 0.3 is 0 Å². The molecular formula is C22H28N2O2. The molecule has 1 amide bonds. The summed E-state index contributed by atoms with van der Waals surface area (Å²) in [6.45, 7) is 8.67. The van der Waals surface area contributed by atoms with Crippen LogP contribution in [-0.4, -0.2) is 49.7 Å². The summed E-state index contributed by atoms with van der Waals surface area (Å²) in [6.07, 6.45) is 0.0649. The predicted octanol–water partition coefficient (Wildman–Crippen LogP) is 3.44. The Morgan fingerprint density at radius 3 is 2.50 bits per heavy atom. The summed E-state index contributed by atoms with van der Waals surface area (Å²) in [4.78, 5) is 14.8. The summed E-state index contributed by atoms with van der Waals surface area (Å²) >= 11 is 0. The average Bonchev–Trinajstić information content (AvgIpc) is 2.67. The molecule has 0 bridgehead atoms. The topological polar surface area (TPSA) is 41.6 Å². The van der Waals surface area contributed by atoms with E-state index in [0.29, 0.717) is 18.0 Å². The molecule has 0 radical (unpaired) electrons. The number of amides is 1. The lowest BCUT2D eigenvalue weighted by molar-refractivity contribution is -0.0295. The Labute approximate surface area is 156 Å². The average molecular weight is 352 g/mol. The van der Waals surface area contributed by atoms with Gasteiger partial charge in [0.2, 0.25) is 0 Å². The van der Waals surface area contributed by atoms with Gasteiger partial charge in [0, 0.05) is 31.7 Å². The molecule has 4 nitrogen and oxygen atoms in total. The molecule has 1 fully saturated rings. The maximum atomic E-state index is 12.4. The number of carbonyl (C=O) groups is 1. The summed E-state index contributed by atoms with van der Waals surface area (Å²) in [5.41, 5.74) is 2.95. The largest absolute Gasteiger partial charge is 0.374 e. The van der Waals surface area contributed by atoms with Gasteiger partial charge in [0.05, 0.1) is 12.7 Å². The van der Waals surface area contributed by atoms with Crippen molar-refractivity contribution in [2.24, 2.45) is 5.92 Å². The zero-order valence-corrected chi connectivity index (χ0v) is 15.7. The Morgan fingerprint density at radius 2 is 1.81 bits per heavy atom. The Kier molecular flexibility index (Phi) is 6.42. The molecule has 1 N–H and O–H groups in total. The van der Waals surface area contributed by atoms with Crippen LogP contribution >= 0.6 is 0 Å². The SMILES string of the molecule is CC(C)CN1CCO[C@@H](CNC(=O)c2ccc(-c3ccccc3)cc2)C1. The van der Waals surface area contributed by atoms with Gasteiger partial charge in [0.1, 0.15) is 0 Å². The summed E-state index contributed by atoms with van der Waals surface area (Å²) < 4.78 is 5.80. The summed E-state index contributed by atoms with van der Waals surface area (Å²) in [6, 6.07) is 17.9. The number of rotatable bonds is 6. The lowest BCUT2D eigenvalue weighted by Crippen LogP contribution is -2.48. The van der Waals surface area contributed by atoms with Gasteiger partial charge in [-0.15, -0.1) is 0 Å². The van der Waals surface area contributed by atoms with Crippen molar-refractivity contribution in [3.05, 3.63) is 60.2 Å². The van der Waals surface area contributed by atoms with Crippen LogP contribution in [0.3, 0.4) is 0 Å². The molecule has 1 saturated heterocycles. The summed E-state index contributed by atoms with van der Waals surface area (Å²) in [5.74, 6) is 0.598. The highest BCUT2D eigenvalue weighted by Crippen LogP contribution is 2.19. The van der Waals surface area contributed by atoms with E-state index in [1.54, 1.807) is 0 Å². The third-order valence-corrected chi connectivity index (χ3v) is 4.59. The minimum absolute atomic E-state index is 0.0470. The van der Waals surface area contributed by atoms with Crippen molar-refractivity contribution in [3.63, 3.8) is 0 Å². The van der Waals surface area contributed by atoms with E-state index in [1.165, 1.54) is 0 Å². The van der Waals surface area contributed by atoms with Crippen molar-refractivity contribution in [1.82, 2.24) is 10.2 Å². The van der Waals surface area contributed by atoms with Crippen LogP contribution in [0.5, 0.6) is 0 Å². The number of nitrogens with one attached hydrogen (secondary N) is 1. The van der Waals surface area contributed by atoms with Crippen molar-refractivity contribution in [3.8, 4) is 11.1 Å². The molecule has 1 heterocycles. The van der Waals surface area contributed by atoms with Crippen LogP contribution in [0.15, 0.2) is 54.6 Å². The van der Waals surface area contributed by atoms with Gasteiger partial charge in [0.25, 0.3) is 5.91 Å². The van der Waals surface area contributed by atoms with E-state index in [1.807, 2.05) is 42.5 Å². The van der Waals surface area contributed by atoms with Gasteiger partial charge in [-0.2, -0.15) is 0 Å². The molecule has 0 saturated carbocycles. The van der Waals surface area contributed by atoms with Crippen LogP contribution in [0.4, 0.5) is 0 Å². The monoisotopic (exact) mass is 352 g/mol. The van der Waals surface area contributed by atoms with Crippen LogP contribution in [-0.2, 0) is 4.74 Å². The minimum Gasteiger partial charge on any atom is -0.374 e. The number of hydrogen-bond donors (Lipinski definition) is 1. The number of benzene rings is 2. The fraction of sp³-hybridized carbons (Fsp3) is 0.409. The molecule has 0 aromatic heterocycles. The van der Waals surface area contributed by atoms with E-state index >= 15 is 0 Å². The maximum Gasteiger partial charge on any atom is 0.251 e. The summed E-state index contributed by atoms with van der Waals surface area (Å²) in [5, 5.41) is 3.01. The van der Waals surface area contributed by atoms with E-state index in [9.17, 15) is 4.79 Å². The molecule has 1 atom stereocenters. The second-order valence-electron chi connectivity index (χ2n) is 7.30. The zero-order valence-electron chi connectivity index (χ0n) is 15.7. The highest BCUT2D eigenvalue weighted by Gasteiger charge is 2.21. The van der Waals surface area contributed by atoms with Gasteiger partial charge in [-0.3, -0.25) is 9.69 Å². The lowest BCUT2D eigenvalue weighted by Gasteiger charge is -2.33. The molecule has 26 heavy (non-hydrogen) atoms. The standard InChI is InChI=1S/C22H28N2O2/c1-17(2)15-24-12-13-26-21(16-24)14-23-22(25)20-10-8-19(9-11-20)18-6-4-3-5-7-18/h3-11,17,21H,12-16H2,1-2H3,(H,23,25)/t21-/m0/s1. The zero-order chi connectivity index (χ0) is 18.4. The minimum atomic E-state index is -0.0470. The lowest BCUT2D eigenvalue weighted by atomic mass is 10.0. The van der Waals surface area contributed by atoms with Gasteiger partial charge in [-0.25, -0.2) is 0 Å². The second kappa shape index (κ2) is 8.97. The Hall–Kier alpha value is -2.17. The van der Waals surface area contributed by atoms with Crippen molar-refractivity contribution in [2.75, 3.05) is 32.8 Å². The first-order valence-corrected chi connectivity index (χ1v) is 9.39. The fourth-order valence-electron chi connectivity index (χ4n) is 3.34. The van der Waals surface area contributed by atoms with Crippen LogP contribution < -0.4 is 5.32 Å². The third-order valence-electron chi connectivity index (χ3n) is 4.59. The van der Waals surface area contributed by atoms with Crippen LogP contribution in [0.1, 0.15) is 24.2 Å².